The van der Waals surface area contributed by atoms with E-state index in [-0.39, 0.29) is 5.91 Å². The van der Waals surface area contributed by atoms with E-state index in [1.165, 1.54) is 5.01 Å². The summed E-state index contributed by atoms with van der Waals surface area (Å²) in [6, 6.07) is 5.26. The second-order valence-corrected chi connectivity index (χ2v) is 6.25. The number of rotatable bonds is 1. The topological polar surface area (TPSA) is 32.7 Å². The van der Waals surface area contributed by atoms with Gasteiger partial charge in [-0.3, -0.25) is 4.79 Å². The van der Waals surface area contributed by atoms with Gasteiger partial charge in [0.25, 0.3) is 5.91 Å². The average Bonchev–Trinajstić information content (AvgIpc) is 2.46. The fraction of sp³-hybridized carbons (Fsp3) is 0.273. The van der Waals surface area contributed by atoms with Gasteiger partial charge in [-0.15, -0.1) is 0 Å². The van der Waals surface area contributed by atoms with Crippen LogP contribution in [0.15, 0.2) is 23.3 Å². The average molecular weight is 336 g/mol. The molecule has 1 aliphatic heterocycles. The minimum absolute atomic E-state index is 0.136. The number of amides is 1. The monoisotopic (exact) mass is 334 g/mol. The van der Waals surface area contributed by atoms with Crippen molar-refractivity contribution in [3.8, 4) is 0 Å². The van der Waals surface area contributed by atoms with E-state index >= 15 is 0 Å². The van der Waals surface area contributed by atoms with Gasteiger partial charge in [-0.25, -0.2) is 5.01 Å². The molecule has 2 rings (SSSR count). The molecule has 3 nitrogen and oxygen atoms in total. The molecule has 0 radical (unpaired) electrons. The number of hydrogen-bond acceptors (Lipinski definition) is 2. The van der Waals surface area contributed by atoms with Gasteiger partial charge in [-0.2, -0.15) is 5.10 Å². The second kappa shape index (κ2) is 4.26. The molecule has 1 heterocycles. The highest BCUT2D eigenvalue weighted by Gasteiger charge is 2.45. The lowest BCUT2D eigenvalue weighted by atomic mass is 9.98. The van der Waals surface area contributed by atoms with Crippen LogP contribution in [0.1, 0.15) is 12.5 Å². The van der Waals surface area contributed by atoms with E-state index < -0.39 is 4.32 Å². The number of carbonyl (C=O) groups is 1. The fourth-order valence-electron chi connectivity index (χ4n) is 1.69. The van der Waals surface area contributed by atoms with Crippen molar-refractivity contribution < 1.29 is 4.79 Å². The minimum atomic E-state index is -0.865. The maximum absolute atomic E-state index is 11.9. The van der Waals surface area contributed by atoms with Gasteiger partial charge in [0.2, 0.25) is 0 Å². The summed E-state index contributed by atoms with van der Waals surface area (Å²) in [6.45, 7) is 1.74. The van der Waals surface area contributed by atoms with Crippen molar-refractivity contribution in [3.63, 3.8) is 0 Å². The van der Waals surface area contributed by atoms with Crippen LogP contribution in [0.4, 0.5) is 0 Å². The van der Waals surface area contributed by atoms with E-state index in [2.05, 4.69) is 21.0 Å². The first-order valence-electron chi connectivity index (χ1n) is 4.86. The molecule has 0 saturated heterocycles. The molecule has 1 aliphatic rings. The normalized spacial score (nSPS) is 24.2. The Hall–Kier alpha value is -0.580. The summed E-state index contributed by atoms with van der Waals surface area (Å²) in [6.07, 6.45) is 0. The van der Waals surface area contributed by atoms with Crippen molar-refractivity contribution >= 4 is 50.8 Å². The van der Waals surface area contributed by atoms with Crippen LogP contribution < -0.4 is 0 Å². The molecule has 0 aromatic heterocycles. The van der Waals surface area contributed by atoms with Gasteiger partial charge in [0, 0.05) is 12.6 Å². The van der Waals surface area contributed by atoms with Gasteiger partial charge >= 0.3 is 0 Å². The van der Waals surface area contributed by atoms with Crippen molar-refractivity contribution in [3.05, 3.63) is 33.8 Å². The van der Waals surface area contributed by atoms with E-state index in [4.69, 9.17) is 23.2 Å². The van der Waals surface area contributed by atoms with Crippen LogP contribution >= 0.6 is 39.1 Å². The van der Waals surface area contributed by atoms with Crippen LogP contribution in [-0.2, 0) is 4.79 Å². The van der Waals surface area contributed by atoms with Gasteiger partial charge in [0.05, 0.1) is 15.8 Å². The summed E-state index contributed by atoms with van der Waals surface area (Å²) in [5.74, 6) is -0.136. The lowest BCUT2D eigenvalue weighted by molar-refractivity contribution is -0.128. The summed E-state index contributed by atoms with van der Waals surface area (Å²) in [4.78, 5) is 11.9. The number of nitrogens with zero attached hydrogens (tertiary/aromatic N) is 2. The molecule has 6 heteroatoms. The summed E-state index contributed by atoms with van der Waals surface area (Å²) in [7, 11) is 1.60. The van der Waals surface area contributed by atoms with Crippen LogP contribution in [0.25, 0.3) is 0 Å². The van der Waals surface area contributed by atoms with Crippen molar-refractivity contribution in [2.24, 2.45) is 5.10 Å². The molecular weight excluding hydrogens is 327 g/mol. The van der Waals surface area contributed by atoms with E-state index in [0.717, 1.165) is 0 Å². The Balaban J connectivity index is 2.59. The maximum atomic E-state index is 11.9. The van der Waals surface area contributed by atoms with E-state index in [1.807, 2.05) is 0 Å². The minimum Gasteiger partial charge on any atom is -0.271 e. The highest BCUT2D eigenvalue weighted by Crippen LogP contribution is 2.36. The summed E-state index contributed by atoms with van der Waals surface area (Å²) >= 11 is 15.5. The number of hydrogen-bond donors (Lipinski definition) is 0. The molecule has 0 spiro atoms. The summed E-state index contributed by atoms with van der Waals surface area (Å²) in [5, 5.41) is 6.34. The number of benzene rings is 1. The standard InChI is InChI=1S/C11H9BrCl2N2O/c1-11(12)9(15-16(2)10(11)17)6-4-3-5-7(13)8(6)14/h3-5H,1-2H3. The molecule has 0 bridgehead atoms. The molecule has 1 unspecified atom stereocenters. The number of carbonyl (C=O) groups excluding carboxylic acids is 1. The maximum Gasteiger partial charge on any atom is 0.265 e. The van der Waals surface area contributed by atoms with Crippen LogP contribution in [0, 0.1) is 0 Å². The predicted octanol–water partition coefficient (Wildman–Crippen LogP) is 3.32. The van der Waals surface area contributed by atoms with Crippen LogP contribution in [0.5, 0.6) is 0 Å². The van der Waals surface area contributed by atoms with Crippen LogP contribution in [-0.4, -0.2) is 28.0 Å². The number of halogens is 3. The fourth-order valence-corrected chi connectivity index (χ4v) is 2.63. The molecule has 1 aromatic rings. The van der Waals surface area contributed by atoms with Gasteiger partial charge in [-0.1, -0.05) is 51.3 Å². The molecule has 0 aliphatic carbocycles. The smallest absolute Gasteiger partial charge is 0.265 e. The zero-order valence-electron chi connectivity index (χ0n) is 9.17. The Morgan fingerprint density at radius 1 is 1.41 bits per heavy atom. The van der Waals surface area contributed by atoms with Gasteiger partial charge < -0.3 is 0 Å². The molecule has 1 atom stereocenters. The molecule has 0 N–H and O–H groups in total. The van der Waals surface area contributed by atoms with Crippen molar-refractivity contribution in [1.82, 2.24) is 5.01 Å². The Labute approximate surface area is 118 Å². The second-order valence-electron chi connectivity index (χ2n) is 3.88. The number of hydrazone groups is 1. The summed E-state index contributed by atoms with van der Waals surface area (Å²) in [5.41, 5.74) is 1.23. The van der Waals surface area contributed by atoms with Gasteiger partial charge in [0.15, 0.2) is 0 Å². The Morgan fingerprint density at radius 3 is 2.59 bits per heavy atom. The molecule has 1 amide bonds. The summed E-state index contributed by atoms with van der Waals surface area (Å²) < 4.78 is -0.865. The molecular formula is C11H9BrCl2N2O. The zero-order chi connectivity index (χ0) is 12.8. The Bertz CT molecular complexity index is 528. The first-order valence-corrected chi connectivity index (χ1v) is 6.41. The third-order valence-electron chi connectivity index (χ3n) is 2.60. The molecule has 1 aromatic carbocycles. The molecule has 0 fully saturated rings. The molecule has 90 valence electrons. The van der Waals surface area contributed by atoms with E-state index in [9.17, 15) is 4.79 Å². The first kappa shape index (κ1) is 12.9. The van der Waals surface area contributed by atoms with Crippen molar-refractivity contribution in [1.29, 1.82) is 0 Å². The lowest BCUT2D eigenvalue weighted by Gasteiger charge is -2.16. The van der Waals surface area contributed by atoms with Crippen molar-refractivity contribution in [2.45, 2.75) is 11.2 Å². The number of alkyl halides is 1. The van der Waals surface area contributed by atoms with E-state index in [1.54, 1.807) is 32.2 Å². The largest absolute Gasteiger partial charge is 0.271 e. The molecule has 17 heavy (non-hydrogen) atoms. The predicted molar refractivity (Wildman–Crippen MR) is 73.1 cm³/mol. The first-order chi connectivity index (χ1) is 7.85. The Morgan fingerprint density at radius 2 is 2.06 bits per heavy atom. The Kier molecular flexibility index (Phi) is 3.23. The zero-order valence-corrected chi connectivity index (χ0v) is 12.3. The lowest BCUT2D eigenvalue weighted by Crippen LogP contribution is -2.37. The third kappa shape index (κ3) is 1.98. The quantitative estimate of drug-likeness (QED) is 0.724. The van der Waals surface area contributed by atoms with Crippen LogP contribution in [0.3, 0.4) is 0 Å². The van der Waals surface area contributed by atoms with Crippen molar-refractivity contribution in [2.75, 3.05) is 7.05 Å². The highest BCUT2D eigenvalue weighted by atomic mass is 79.9. The van der Waals surface area contributed by atoms with Gasteiger partial charge in [0.1, 0.15) is 4.32 Å². The molecule has 0 saturated carbocycles. The third-order valence-corrected chi connectivity index (χ3v) is 4.13. The van der Waals surface area contributed by atoms with Gasteiger partial charge in [-0.05, 0) is 13.0 Å². The van der Waals surface area contributed by atoms with E-state index in [0.29, 0.717) is 21.3 Å². The SMILES string of the molecule is CN1N=C(c2cccc(Cl)c2Cl)C(C)(Br)C1=O. The highest BCUT2D eigenvalue weighted by molar-refractivity contribution is 9.10. The van der Waals surface area contributed by atoms with Crippen LogP contribution in [0.2, 0.25) is 10.0 Å².